The highest BCUT2D eigenvalue weighted by molar-refractivity contribution is 5.11. The molecule has 0 fully saturated rings. The summed E-state index contributed by atoms with van der Waals surface area (Å²) in [5, 5.41) is 3.28. The van der Waals surface area contributed by atoms with Gasteiger partial charge in [0.1, 0.15) is 0 Å². The molecule has 0 aliphatic carbocycles. The quantitative estimate of drug-likeness (QED) is 0.490. The van der Waals surface area contributed by atoms with Crippen LogP contribution in [-0.2, 0) is 0 Å². The maximum absolute atomic E-state index is 3.28. The zero-order chi connectivity index (χ0) is 7.28. The maximum Gasteiger partial charge on any atom is 0.0227 e. The molecule has 1 heterocycles. The lowest BCUT2D eigenvalue weighted by molar-refractivity contribution is 0.721. The molecule has 0 saturated carbocycles. The van der Waals surface area contributed by atoms with Gasteiger partial charge < -0.3 is 5.32 Å². The molecule has 0 aromatic carbocycles. The van der Waals surface area contributed by atoms with E-state index in [0.29, 0.717) is 6.04 Å². The van der Waals surface area contributed by atoms with Gasteiger partial charge in [0.25, 0.3) is 0 Å². The monoisotopic (exact) mass is 127 g/mol. The number of rotatable bonds is 0. The third-order valence-electron chi connectivity index (χ3n) is 1.24. The highest BCUT2D eigenvalue weighted by Crippen LogP contribution is 2.01. The van der Waals surface area contributed by atoms with Crippen LogP contribution in [0.25, 0.3) is 0 Å². The molecule has 1 heteroatoms. The van der Waals surface area contributed by atoms with E-state index in [4.69, 9.17) is 0 Å². The van der Waals surface area contributed by atoms with Gasteiger partial charge >= 0.3 is 0 Å². The van der Waals surface area contributed by atoms with Crippen LogP contribution in [0.4, 0.5) is 0 Å². The molecule has 1 aliphatic rings. The lowest BCUT2D eigenvalue weighted by Gasteiger charge is -1.94. The molecule has 1 N–H and O–H groups in total. The Morgan fingerprint density at radius 2 is 2.11 bits per heavy atom. The molecule has 0 radical (unpaired) electrons. The summed E-state index contributed by atoms with van der Waals surface area (Å²) in [7, 11) is 0. The summed E-state index contributed by atoms with van der Waals surface area (Å²) in [6.07, 6.45) is 2.25. The van der Waals surface area contributed by atoms with E-state index >= 15 is 0 Å². The molecule has 0 saturated heterocycles. The van der Waals surface area contributed by atoms with Crippen LogP contribution in [0, 0.1) is 0 Å². The minimum absolute atomic E-state index is 0.611. The smallest absolute Gasteiger partial charge is 0.0227 e. The van der Waals surface area contributed by atoms with Gasteiger partial charge in [0.05, 0.1) is 0 Å². The topological polar surface area (TPSA) is 12.0 Å². The second-order valence-electron chi connectivity index (χ2n) is 2.18. The largest absolute Gasteiger partial charge is 0.307 e. The maximum atomic E-state index is 3.28. The molecule has 0 aromatic rings. The average molecular weight is 127 g/mol. The Morgan fingerprint density at radius 3 is 2.22 bits per heavy atom. The van der Waals surface area contributed by atoms with Crippen LogP contribution in [0.15, 0.2) is 11.6 Å². The Bertz CT molecular complexity index is 94.7. The van der Waals surface area contributed by atoms with E-state index in [1.807, 2.05) is 13.8 Å². The predicted molar refractivity (Wildman–Crippen MR) is 42.6 cm³/mol. The van der Waals surface area contributed by atoms with E-state index in [0.717, 1.165) is 6.54 Å². The zero-order valence-corrected chi connectivity index (χ0v) is 6.86. The molecule has 1 nitrogen and oxygen atoms in total. The normalized spacial score (nSPS) is 24.4. The Balaban J connectivity index is 0.000000291. The SMILES string of the molecule is CC.CC1=CC(C)NC1. The highest BCUT2D eigenvalue weighted by Gasteiger charge is 2.03. The summed E-state index contributed by atoms with van der Waals surface area (Å²) in [6, 6.07) is 0.611. The summed E-state index contributed by atoms with van der Waals surface area (Å²) in [5.41, 5.74) is 1.47. The second-order valence-corrected chi connectivity index (χ2v) is 2.18. The van der Waals surface area contributed by atoms with Gasteiger partial charge in [-0.2, -0.15) is 0 Å². The first-order chi connectivity index (χ1) is 4.29. The molecule has 1 rings (SSSR count). The minimum Gasteiger partial charge on any atom is -0.307 e. The van der Waals surface area contributed by atoms with E-state index in [1.165, 1.54) is 5.57 Å². The van der Waals surface area contributed by atoms with Gasteiger partial charge in [0.2, 0.25) is 0 Å². The first kappa shape index (κ1) is 8.70. The van der Waals surface area contributed by atoms with Crippen molar-refractivity contribution in [2.24, 2.45) is 0 Å². The number of nitrogens with one attached hydrogen (secondary N) is 1. The zero-order valence-electron chi connectivity index (χ0n) is 6.86. The Labute approximate surface area is 58.2 Å². The molecule has 54 valence electrons. The molecule has 0 aromatic heterocycles. The lowest BCUT2D eigenvalue weighted by atomic mass is 10.3. The Morgan fingerprint density at radius 1 is 1.56 bits per heavy atom. The molecule has 1 atom stereocenters. The van der Waals surface area contributed by atoms with Crippen LogP contribution >= 0.6 is 0 Å². The summed E-state index contributed by atoms with van der Waals surface area (Å²) in [4.78, 5) is 0. The fraction of sp³-hybridized carbons (Fsp3) is 0.750. The van der Waals surface area contributed by atoms with E-state index in [-0.39, 0.29) is 0 Å². The van der Waals surface area contributed by atoms with Gasteiger partial charge in [0, 0.05) is 12.6 Å². The third-order valence-corrected chi connectivity index (χ3v) is 1.24. The number of hydrogen-bond acceptors (Lipinski definition) is 1. The molecule has 9 heavy (non-hydrogen) atoms. The Kier molecular flexibility index (Phi) is 4.41. The fourth-order valence-electron chi connectivity index (χ4n) is 0.867. The van der Waals surface area contributed by atoms with Crippen molar-refractivity contribution >= 4 is 0 Å². The van der Waals surface area contributed by atoms with Gasteiger partial charge in [0.15, 0.2) is 0 Å². The van der Waals surface area contributed by atoms with Gasteiger partial charge in [-0.3, -0.25) is 0 Å². The first-order valence-corrected chi connectivity index (χ1v) is 3.70. The predicted octanol–water partition coefficient (Wildman–Crippen LogP) is 1.95. The van der Waals surface area contributed by atoms with Crippen molar-refractivity contribution in [2.45, 2.75) is 33.7 Å². The van der Waals surface area contributed by atoms with Gasteiger partial charge in [-0.25, -0.2) is 0 Å². The molecular formula is C8H17N. The van der Waals surface area contributed by atoms with Crippen molar-refractivity contribution in [3.8, 4) is 0 Å². The summed E-state index contributed by atoms with van der Waals surface area (Å²) < 4.78 is 0. The molecular weight excluding hydrogens is 110 g/mol. The summed E-state index contributed by atoms with van der Waals surface area (Å²) in [6.45, 7) is 9.40. The van der Waals surface area contributed by atoms with Crippen LogP contribution in [-0.4, -0.2) is 12.6 Å². The van der Waals surface area contributed by atoms with Crippen LogP contribution in [0.1, 0.15) is 27.7 Å². The van der Waals surface area contributed by atoms with E-state index in [1.54, 1.807) is 0 Å². The average Bonchev–Trinajstić information content (AvgIpc) is 2.20. The van der Waals surface area contributed by atoms with Gasteiger partial charge in [-0.05, 0) is 13.8 Å². The molecule has 0 spiro atoms. The van der Waals surface area contributed by atoms with Crippen molar-refractivity contribution in [1.29, 1.82) is 0 Å². The fourth-order valence-corrected chi connectivity index (χ4v) is 0.867. The van der Waals surface area contributed by atoms with E-state index < -0.39 is 0 Å². The van der Waals surface area contributed by atoms with Gasteiger partial charge in [-0.1, -0.05) is 25.5 Å². The molecule has 0 amide bonds. The van der Waals surface area contributed by atoms with Crippen LogP contribution in [0.3, 0.4) is 0 Å². The third kappa shape index (κ3) is 3.31. The van der Waals surface area contributed by atoms with Crippen molar-refractivity contribution in [1.82, 2.24) is 5.32 Å². The van der Waals surface area contributed by atoms with E-state index in [2.05, 4.69) is 25.2 Å². The molecule has 1 unspecified atom stereocenters. The van der Waals surface area contributed by atoms with Crippen molar-refractivity contribution in [2.75, 3.05) is 6.54 Å². The molecule has 1 aliphatic heterocycles. The van der Waals surface area contributed by atoms with Crippen molar-refractivity contribution < 1.29 is 0 Å². The highest BCUT2D eigenvalue weighted by atomic mass is 14.9. The second kappa shape index (κ2) is 4.57. The summed E-state index contributed by atoms with van der Waals surface area (Å²) >= 11 is 0. The van der Waals surface area contributed by atoms with Crippen LogP contribution in [0.5, 0.6) is 0 Å². The van der Waals surface area contributed by atoms with Crippen molar-refractivity contribution in [3.63, 3.8) is 0 Å². The van der Waals surface area contributed by atoms with Crippen LogP contribution in [0.2, 0.25) is 0 Å². The Hall–Kier alpha value is -0.300. The van der Waals surface area contributed by atoms with Crippen molar-refractivity contribution in [3.05, 3.63) is 11.6 Å². The van der Waals surface area contributed by atoms with Gasteiger partial charge in [-0.15, -0.1) is 0 Å². The molecule has 0 bridgehead atoms. The standard InChI is InChI=1S/C6H11N.C2H6/c1-5-3-6(2)7-4-5;1-2/h3,6-7H,4H2,1-2H3;1-2H3. The minimum atomic E-state index is 0.611. The number of hydrogen-bond donors (Lipinski definition) is 1. The first-order valence-electron chi connectivity index (χ1n) is 3.70. The van der Waals surface area contributed by atoms with Crippen LogP contribution < -0.4 is 5.32 Å². The summed E-state index contributed by atoms with van der Waals surface area (Å²) in [5.74, 6) is 0. The van der Waals surface area contributed by atoms with E-state index in [9.17, 15) is 0 Å². The lowest BCUT2D eigenvalue weighted by Crippen LogP contribution is -2.17.